The Morgan fingerprint density at radius 2 is 1.81 bits per heavy atom. The number of benzene rings is 1. The first-order valence-electron chi connectivity index (χ1n) is 3.97. The molecule has 0 saturated carbocycles. The molecule has 0 saturated heterocycles. The summed E-state index contributed by atoms with van der Waals surface area (Å²) in [5.74, 6) is -5.16. The summed E-state index contributed by atoms with van der Waals surface area (Å²) in [6.45, 7) is 0.832. The third kappa shape index (κ3) is 2.68. The van der Waals surface area contributed by atoms with Gasteiger partial charge in [0.05, 0.1) is 5.56 Å². The van der Waals surface area contributed by atoms with Crippen LogP contribution in [0.4, 0.5) is 22.0 Å². The molecule has 7 heteroatoms. The predicted molar refractivity (Wildman–Crippen MR) is 43.0 cm³/mol. The molecule has 0 heterocycles. The van der Waals surface area contributed by atoms with Crippen molar-refractivity contribution in [2.45, 2.75) is 13.3 Å². The van der Waals surface area contributed by atoms with Gasteiger partial charge in [-0.15, -0.1) is 13.2 Å². The number of ether oxygens (including phenoxy) is 1. The lowest BCUT2D eigenvalue weighted by molar-refractivity contribution is -0.275. The monoisotopic (exact) mass is 240 g/mol. The molecule has 0 aliphatic carbocycles. The second-order valence-electron chi connectivity index (χ2n) is 2.84. The highest BCUT2D eigenvalue weighted by molar-refractivity contribution is 5.95. The van der Waals surface area contributed by atoms with Crippen molar-refractivity contribution in [2.24, 2.45) is 0 Å². The van der Waals surface area contributed by atoms with Crippen LogP contribution in [0.1, 0.15) is 17.3 Å². The SMILES string of the molecule is CC(=O)c1c(F)ccc(OC(F)(F)F)c1F. The van der Waals surface area contributed by atoms with Crippen LogP contribution in [0, 0.1) is 11.6 Å². The summed E-state index contributed by atoms with van der Waals surface area (Å²) in [6.07, 6.45) is -5.10. The van der Waals surface area contributed by atoms with Gasteiger partial charge in [-0.1, -0.05) is 0 Å². The van der Waals surface area contributed by atoms with Gasteiger partial charge in [0, 0.05) is 0 Å². The van der Waals surface area contributed by atoms with Crippen molar-refractivity contribution in [3.8, 4) is 5.75 Å². The molecule has 0 aromatic heterocycles. The number of Topliss-reactive ketones (excluding diaryl/α,β-unsaturated/α-hetero) is 1. The third-order valence-corrected chi connectivity index (χ3v) is 1.63. The van der Waals surface area contributed by atoms with E-state index in [1.807, 2.05) is 0 Å². The fourth-order valence-corrected chi connectivity index (χ4v) is 1.06. The second kappa shape index (κ2) is 4.07. The number of rotatable bonds is 2. The molecule has 0 radical (unpaired) electrons. The lowest BCUT2D eigenvalue weighted by Gasteiger charge is -2.11. The van der Waals surface area contributed by atoms with Gasteiger partial charge in [0.1, 0.15) is 5.82 Å². The zero-order valence-corrected chi connectivity index (χ0v) is 7.86. The van der Waals surface area contributed by atoms with Gasteiger partial charge < -0.3 is 4.74 Å². The van der Waals surface area contributed by atoms with Crippen LogP contribution in [0.15, 0.2) is 12.1 Å². The van der Waals surface area contributed by atoms with E-state index in [9.17, 15) is 26.7 Å². The molecule has 1 rings (SSSR count). The van der Waals surface area contributed by atoms with Gasteiger partial charge in [0.15, 0.2) is 17.3 Å². The topological polar surface area (TPSA) is 26.3 Å². The molecule has 0 unspecified atom stereocenters. The van der Waals surface area contributed by atoms with E-state index in [2.05, 4.69) is 4.74 Å². The second-order valence-corrected chi connectivity index (χ2v) is 2.84. The number of ketones is 1. The van der Waals surface area contributed by atoms with E-state index in [-0.39, 0.29) is 0 Å². The van der Waals surface area contributed by atoms with Crippen LogP contribution in [0.2, 0.25) is 0 Å². The van der Waals surface area contributed by atoms with Gasteiger partial charge >= 0.3 is 6.36 Å². The molecule has 2 nitrogen and oxygen atoms in total. The van der Waals surface area contributed by atoms with Gasteiger partial charge in [-0.3, -0.25) is 4.79 Å². The number of halogens is 5. The summed E-state index contributed by atoms with van der Waals surface area (Å²) in [5, 5.41) is 0. The first kappa shape index (κ1) is 12.4. The quantitative estimate of drug-likeness (QED) is 0.586. The fraction of sp³-hybridized carbons (Fsp3) is 0.222. The maximum absolute atomic E-state index is 13.2. The Morgan fingerprint density at radius 3 is 2.25 bits per heavy atom. The maximum atomic E-state index is 13.2. The summed E-state index contributed by atoms with van der Waals surface area (Å²) in [5.41, 5.74) is -1.05. The summed E-state index contributed by atoms with van der Waals surface area (Å²) < 4.78 is 64.8. The minimum atomic E-state index is -5.10. The van der Waals surface area contributed by atoms with Crippen LogP contribution in [-0.2, 0) is 0 Å². The first-order chi connectivity index (χ1) is 7.22. The lowest BCUT2D eigenvalue weighted by atomic mass is 10.1. The molecule has 0 spiro atoms. The van der Waals surface area contributed by atoms with Crippen LogP contribution in [0.5, 0.6) is 5.75 Å². The third-order valence-electron chi connectivity index (χ3n) is 1.63. The Labute approximate surface area is 86.6 Å². The molecule has 0 fully saturated rings. The summed E-state index contributed by atoms with van der Waals surface area (Å²) >= 11 is 0. The molecule has 0 aliphatic heterocycles. The zero-order chi connectivity index (χ0) is 12.5. The average Bonchev–Trinajstić information content (AvgIpc) is 2.07. The van der Waals surface area contributed by atoms with E-state index in [1.165, 1.54) is 0 Å². The summed E-state index contributed by atoms with van der Waals surface area (Å²) in [7, 11) is 0. The maximum Gasteiger partial charge on any atom is 0.573 e. The van der Waals surface area contributed by atoms with Crippen molar-refractivity contribution in [3.05, 3.63) is 29.3 Å². The summed E-state index contributed by atoms with van der Waals surface area (Å²) in [6, 6.07) is 0.992. The predicted octanol–water partition coefficient (Wildman–Crippen LogP) is 3.07. The highest BCUT2D eigenvalue weighted by atomic mass is 19.4. The van der Waals surface area contributed by atoms with Crippen LogP contribution < -0.4 is 4.74 Å². The lowest BCUT2D eigenvalue weighted by Crippen LogP contribution is -2.19. The minimum absolute atomic E-state index is 0.463. The molecule has 0 bridgehead atoms. The smallest absolute Gasteiger partial charge is 0.403 e. The zero-order valence-electron chi connectivity index (χ0n) is 7.86. The number of carbonyl (C=O) groups excluding carboxylic acids is 1. The highest BCUT2D eigenvalue weighted by Gasteiger charge is 2.33. The van der Waals surface area contributed by atoms with Crippen LogP contribution in [-0.4, -0.2) is 12.1 Å². The fourth-order valence-electron chi connectivity index (χ4n) is 1.06. The Morgan fingerprint density at radius 1 is 1.25 bits per heavy atom. The van der Waals surface area contributed by atoms with Crippen LogP contribution >= 0.6 is 0 Å². The molecule has 0 atom stereocenters. The van der Waals surface area contributed by atoms with E-state index in [1.54, 1.807) is 0 Å². The Kier molecular flexibility index (Phi) is 3.16. The summed E-state index contributed by atoms with van der Waals surface area (Å²) in [4.78, 5) is 10.8. The molecular weight excluding hydrogens is 235 g/mol. The average molecular weight is 240 g/mol. The van der Waals surface area contributed by atoms with Gasteiger partial charge in [0.25, 0.3) is 0 Å². The Hall–Kier alpha value is -1.66. The normalized spacial score (nSPS) is 11.4. The van der Waals surface area contributed by atoms with E-state index < -0.39 is 35.1 Å². The number of alkyl halides is 3. The van der Waals surface area contributed by atoms with Gasteiger partial charge in [-0.2, -0.15) is 0 Å². The van der Waals surface area contributed by atoms with E-state index in [0.29, 0.717) is 12.1 Å². The van der Waals surface area contributed by atoms with Crippen molar-refractivity contribution < 1.29 is 31.5 Å². The number of carbonyl (C=O) groups is 1. The molecule has 1 aromatic carbocycles. The molecule has 88 valence electrons. The Bertz CT molecular complexity index is 425. The number of hydrogen-bond acceptors (Lipinski definition) is 2. The van der Waals surface area contributed by atoms with Gasteiger partial charge in [-0.25, -0.2) is 8.78 Å². The van der Waals surface area contributed by atoms with Gasteiger partial charge in [0.2, 0.25) is 0 Å². The van der Waals surface area contributed by atoms with Crippen LogP contribution in [0.3, 0.4) is 0 Å². The van der Waals surface area contributed by atoms with Crippen molar-refractivity contribution in [2.75, 3.05) is 0 Å². The minimum Gasteiger partial charge on any atom is -0.403 e. The molecule has 0 aliphatic rings. The molecule has 0 amide bonds. The van der Waals surface area contributed by atoms with Crippen molar-refractivity contribution in [1.82, 2.24) is 0 Å². The highest BCUT2D eigenvalue weighted by Crippen LogP contribution is 2.28. The molecule has 0 N–H and O–H groups in total. The van der Waals surface area contributed by atoms with Crippen molar-refractivity contribution >= 4 is 5.78 Å². The van der Waals surface area contributed by atoms with Gasteiger partial charge in [-0.05, 0) is 19.1 Å². The van der Waals surface area contributed by atoms with E-state index >= 15 is 0 Å². The molecule has 16 heavy (non-hydrogen) atoms. The first-order valence-corrected chi connectivity index (χ1v) is 3.97. The Balaban J connectivity index is 3.24. The standard InChI is InChI=1S/C9H5F5O2/c1-4(15)7-5(10)2-3-6(8(7)11)16-9(12,13)14/h2-3H,1H3. The van der Waals surface area contributed by atoms with Crippen LogP contribution in [0.25, 0.3) is 0 Å². The van der Waals surface area contributed by atoms with Crippen molar-refractivity contribution in [3.63, 3.8) is 0 Å². The van der Waals surface area contributed by atoms with E-state index in [4.69, 9.17) is 0 Å². The molecule has 1 aromatic rings. The largest absolute Gasteiger partial charge is 0.573 e. The van der Waals surface area contributed by atoms with Crippen molar-refractivity contribution in [1.29, 1.82) is 0 Å². The number of hydrogen-bond donors (Lipinski definition) is 0. The molecular formula is C9H5F5O2. The van der Waals surface area contributed by atoms with E-state index in [0.717, 1.165) is 6.92 Å².